The molecule has 0 aromatic heterocycles. The summed E-state index contributed by atoms with van der Waals surface area (Å²) in [6, 6.07) is 26.5. The fourth-order valence-electron chi connectivity index (χ4n) is 3.40. The van der Waals surface area contributed by atoms with E-state index in [1.54, 1.807) is 12.1 Å². The molecule has 0 saturated heterocycles. The minimum absolute atomic E-state index is 0.115. The van der Waals surface area contributed by atoms with Crippen molar-refractivity contribution in [1.29, 1.82) is 0 Å². The molecule has 0 heterocycles. The zero-order valence-corrected chi connectivity index (χ0v) is 19.8. The van der Waals surface area contributed by atoms with Crippen LogP contribution in [-0.2, 0) is 4.79 Å². The second-order valence-corrected chi connectivity index (χ2v) is 9.60. The van der Waals surface area contributed by atoms with E-state index in [2.05, 4.69) is 10.6 Å². The van der Waals surface area contributed by atoms with Crippen LogP contribution in [0.2, 0.25) is 5.02 Å². The first kappa shape index (κ1) is 22.9. The second kappa shape index (κ2) is 10.1. The molecule has 33 heavy (non-hydrogen) atoms. The molecule has 0 aliphatic heterocycles. The molecule has 6 heteroatoms. The Bertz CT molecular complexity index is 1340. The summed E-state index contributed by atoms with van der Waals surface area (Å²) in [5, 5.41) is 8.24. The molecule has 2 amide bonds. The van der Waals surface area contributed by atoms with E-state index in [0.717, 1.165) is 21.2 Å². The van der Waals surface area contributed by atoms with E-state index in [1.807, 2.05) is 86.6 Å². The molecule has 0 bridgehead atoms. The van der Waals surface area contributed by atoms with Gasteiger partial charge in [-0.1, -0.05) is 54.1 Å². The van der Waals surface area contributed by atoms with E-state index < -0.39 is 0 Å². The van der Waals surface area contributed by atoms with Crippen molar-refractivity contribution in [2.45, 2.75) is 24.0 Å². The van der Waals surface area contributed by atoms with E-state index in [4.69, 9.17) is 11.6 Å². The topological polar surface area (TPSA) is 58.2 Å². The molecule has 1 unspecified atom stereocenters. The van der Waals surface area contributed by atoms with Crippen LogP contribution in [0.5, 0.6) is 0 Å². The zero-order valence-electron chi connectivity index (χ0n) is 18.3. The Kier molecular flexibility index (Phi) is 7.02. The fourth-order valence-corrected chi connectivity index (χ4v) is 4.50. The normalized spacial score (nSPS) is 11.7. The van der Waals surface area contributed by atoms with Gasteiger partial charge in [-0.2, -0.15) is 0 Å². The largest absolute Gasteiger partial charge is 0.325 e. The van der Waals surface area contributed by atoms with Crippen LogP contribution in [0.4, 0.5) is 11.4 Å². The van der Waals surface area contributed by atoms with Gasteiger partial charge in [0.2, 0.25) is 5.91 Å². The van der Waals surface area contributed by atoms with E-state index in [9.17, 15) is 9.59 Å². The molecule has 0 saturated carbocycles. The first-order valence-corrected chi connectivity index (χ1v) is 11.8. The molecule has 0 fully saturated rings. The van der Waals surface area contributed by atoms with Crippen molar-refractivity contribution >= 4 is 57.3 Å². The van der Waals surface area contributed by atoms with E-state index in [0.29, 0.717) is 22.0 Å². The van der Waals surface area contributed by atoms with Crippen molar-refractivity contribution in [3.8, 4) is 0 Å². The Hall–Kier alpha value is -3.28. The number of rotatable bonds is 6. The number of anilines is 2. The third-order valence-corrected chi connectivity index (χ3v) is 6.57. The van der Waals surface area contributed by atoms with Crippen LogP contribution in [0.3, 0.4) is 0 Å². The highest BCUT2D eigenvalue weighted by Crippen LogP contribution is 2.28. The summed E-state index contributed by atoms with van der Waals surface area (Å²) in [5.74, 6) is -0.291. The molecular formula is C27H23ClN2O2S. The van der Waals surface area contributed by atoms with Gasteiger partial charge < -0.3 is 10.6 Å². The number of halogens is 1. The number of amides is 2. The lowest BCUT2D eigenvalue weighted by Crippen LogP contribution is -2.22. The quantitative estimate of drug-likeness (QED) is 0.291. The van der Waals surface area contributed by atoms with Crippen LogP contribution < -0.4 is 10.6 Å². The van der Waals surface area contributed by atoms with Gasteiger partial charge in [-0.15, -0.1) is 11.8 Å². The van der Waals surface area contributed by atoms with Crippen molar-refractivity contribution in [2.75, 3.05) is 10.6 Å². The SMILES string of the molecule is Cc1ccc(Cl)cc1NC(=O)C(C)Sc1cccc(NC(=O)c2ccc3ccccc3c2)c1. The maximum atomic E-state index is 12.8. The number of benzene rings is 4. The standard InChI is InChI=1S/C27H23ClN2O2S/c1-17-10-13-22(28)15-25(17)30-26(31)18(2)33-24-9-5-8-23(16-24)29-27(32)21-12-11-19-6-3-4-7-20(19)14-21/h3-16,18H,1-2H3,(H,29,32)(H,30,31). The van der Waals surface area contributed by atoms with E-state index >= 15 is 0 Å². The van der Waals surface area contributed by atoms with Crippen LogP contribution in [-0.4, -0.2) is 17.1 Å². The molecule has 4 nitrogen and oxygen atoms in total. The number of hydrogen-bond acceptors (Lipinski definition) is 3. The number of thioether (sulfide) groups is 1. The lowest BCUT2D eigenvalue weighted by molar-refractivity contribution is -0.115. The number of carbonyl (C=O) groups excluding carboxylic acids is 2. The average Bonchev–Trinajstić information content (AvgIpc) is 2.81. The van der Waals surface area contributed by atoms with Gasteiger partial charge in [0.15, 0.2) is 0 Å². The summed E-state index contributed by atoms with van der Waals surface area (Å²) in [6.07, 6.45) is 0. The predicted octanol–water partition coefficient (Wildman–Crippen LogP) is 7.17. The number of carbonyl (C=O) groups is 2. The van der Waals surface area contributed by atoms with Gasteiger partial charge in [-0.3, -0.25) is 9.59 Å². The van der Waals surface area contributed by atoms with Crippen LogP contribution >= 0.6 is 23.4 Å². The van der Waals surface area contributed by atoms with Crippen molar-refractivity contribution in [3.05, 3.63) is 101 Å². The number of hydrogen-bond donors (Lipinski definition) is 2. The molecule has 4 aromatic rings. The van der Waals surface area contributed by atoms with E-state index in [1.165, 1.54) is 11.8 Å². The molecule has 1 atom stereocenters. The summed E-state index contributed by atoms with van der Waals surface area (Å²) >= 11 is 7.47. The van der Waals surface area contributed by atoms with Gasteiger partial charge in [-0.05, 0) is 72.6 Å². The third-order valence-electron chi connectivity index (χ3n) is 5.24. The highest BCUT2D eigenvalue weighted by atomic mass is 35.5. The molecule has 4 rings (SSSR count). The van der Waals surface area contributed by atoms with Gasteiger partial charge in [0.05, 0.1) is 5.25 Å². The van der Waals surface area contributed by atoms with Crippen LogP contribution in [0.15, 0.2) is 89.8 Å². The summed E-state index contributed by atoms with van der Waals surface area (Å²) in [7, 11) is 0. The highest BCUT2D eigenvalue weighted by Gasteiger charge is 2.16. The van der Waals surface area contributed by atoms with Gasteiger partial charge in [-0.25, -0.2) is 0 Å². The zero-order chi connectivity index (χ0) is 23.4. The molecule has 2 N–H and O–H groups in total. The van der Waals surface area contributed by atoms with Crippen LogP contribution in [0.25, 0.3) is 10.8 Å². The maximum Gasteiger partial charge on any atom is 0.255 e. The monoisotopic (exact) mass is 474 g/mol. The van der Waals surface area contributed by atoms with Gasteiger partial charge in [0.25, 0.3) is 5.91 Å². The Balaban J connectivity index is 1.42. The Morgan fingerprint density at radius 3 is 2.45 bits per heavy atom. The van der Waals surface area contributed by atoms with Crippen molar-refractivity contribution in [2.24, 2.45) is 0 Å². The molecule has 4 aromatic carbocycles. The summed E-state index contributed by atoms with van der Waals surface area (Å²) < 4.78 is 0. The number of nitrogens with one attached hydrogen (secondary N) is 2. The molecule has 166 valence electrons. The summed E-state index contributed by atoms with van der Waals surface area (Å²) in [6.45, 7) is 3.77. The minimum Gasteiger partial charge on any atom is -0.325 e. The maximum absolute atomic E-state index is 12.8. The number of aryl methyl sites for hydroxylation is 1. The summed E-state index contributed by atoms with van der Waals surface area (Å²) in [5.41, 5.74) is 2.92. The van der Waals surface area contributed by atoms with Crippen LogP contribution in [0, 0.1) is 6.92 Å². The second-order valence-electron chi connectivity index (χ2n) is 7.75. The fraction of sp³-hybridized carbons (Fsp3) is 0.111. The van der Waals surface area contributed by atoms with Crippen LogP contribution in [0.1, 0.15) is 22.8 Å². The Labute approximate surface area is 202 Å². The lowest BCUT2D eigenvalue weighted by Gasteiger charge is -2.14. The molecular weight excluding hydrogens is 452 g/mol. The Morgan fingerprint density at radius 2 is 1.64 bits per heavy atom. The molecule has 0 aliphatic carbocycles. The van der Waals surface area contributed by atoms with Gasteiger partial charge >= 0.3 is 0 Å². The van der Waals surface area contributed by atoms with Gasteiger partial charge in [0.1, 0.15) is 0 Å². The molecule has 0 radical (unpaired) electrons. The van der Waals surface area contributed by atoms with Crippen molar-refractivity contribution < 1.29 is 9.59 Å². The highest BCUT2D eigenvalue weighted by molar-refractivity contribution is 8.00. The molecule has 0 spiro atoms. The third kappa shape index (κ3) is 5.75. The lowest BCUT2D eigenvalue weighted by atomic mass is 10.1. The average molecular weight is 475 g/mol. The first-order chi connectivity index (χ1) is 15.9. The van der Waals surface area contributed by atoms with Crippen molar-refractivity contribution in [1.82, 2.24) is 0 Å². The smallest absolute Gasteiger partial charge is 0.255 e. The van der Waals surface area contributed by atoms with E-state index in [-0.39, 0.29) is 17.1 Å². The van der Waals surface area contributed by atoms with Crippen molar-refractivity contribution in [3.63, 3.8) is 0 Å². The number of fused-ring (bicyclic) bond motifs is 1. The molecule has 0 aliphatic rings. The Morgan fingerprint density at radius 1 is 0.848 bits per heavy atom. The first-order valence-electron chi connectivity index (χ1n) is 10.5. The minimum atomic E-state index is -0.338. The van der Waals surface area contributed by atoms with Gasteiger partial charge in [0, 0.05) is 26.9 Å². The summed E-state index contributed by atoms with van der Waals surface area (Å²) in [4.78, 5) is 26.3. The predicted molar refractivity (Wildman–Crippen MR) is 138 cm³/mol.